The third-order valence-corrected chi connectivity index (χ3v) is 7.05. The van der Waals surface area contributed by atoms with Gasteiger partial charge in [-0.3, -0.25) is 9.59 Å². The highest BCUT2D eigenvalue weighted by Crippen LogP contribution is 2.38. The Labute approximate surface area is 144 Å². The zero-order valence-electron chi connectivity index (χ0n) is 13.3. The number of nitrogens with two attached hydrogens (primary N) is 1. The van der Waals surface area contributed by atoms with Crippen LogP contribution in [0.3, 0.4) is 0 Å². The lowest BCUT2D eigenvalue weighted by Gasteiger charge is -2.15. The van der Waals surface area contributed by atoms with E-state index in [2.05, 4.69) is 10.6 Å². The van der Waals surface area contributed by atoms with E-state index in [1.165, 1.54) is 16.2 Å². The van der Waals surface area contributed by atoms with Gasteiger partial charge in [0.1, 0.15) is 5.00 Å². The zero-order valence-corrected chi connectivity index (χ0v) is 14.9. The van der Waals surface area contributed by atoms with Crippen molar-refractivity contribution < 1.29 is 9.59 Å². The van der Waals surface area contributed by atoms with Gasteiger partial charge in [-0.25, -0.2) is 0 Å². The molecule has 2 atom stereocenters. The van der Waals surface area contributed by atoms with Crippen LogP contribution < -0.4 is 16.4 Å². The largest absolute Gasteiger partial charge is 0.365 e. The molecule has 1 aliphatic carbocycles. The highest BCUT2D eigenvalue weighted by molar-refractivity contribution is 8.01. The number of carbonyl (C=O) groups excluding carboxylic acids is 2. The molecular weight excluding hydrogens is 330 g/mol. The minimum absolute atomic E-state index is 0.0389. The molecule has 7 heteroatoms. The predicted molar refractivity (Wildman–Crippen MR) is 96.4 cm³/mol. The van der Waals surface area contributed by atoms with Crippen molar-refractivity contribution in [2.45, 2.75) is 49.5 Å². The molecule has 1 aromatic heterocycles. The van der Waals surface area contributed by atoms with E-state index >= 15 is 0 Å². The van der Waals surface area contributed by atoms with Gasteiger partial charge in [0, 0.05) is 16.7 Å². The molecule has 1 aromatic rings. The second kappa shape index (κ2) is 7.23. The maximum atomic E-state index is 12.5. The van der Waals surface area contributed by atoms with Crippen molar-refractivity contribution >= 4 is 39.9 Å². The van der Waals surface area contributed by atoms with Crippen molar-refractivity contribution in [2.24, 2.45) is 5.73 Å². The van der Waals surface area contributed by atoms with Crippen LogP contribution in [0.2, 0.25) is 0 Å². The normalized spacial score (nSPS) is 21.7. The average Bonchev–Trinajstić information content (AvgIpc) is 3.13. The predicted octanol–water partition coefficient (Wildman–Crippen LogP) is 2.15. The molecule has 23 heavy (non-hydrogen) atoms. The van der Waals surface area contributed by atoms with Gasteiger partial charge < -0.3 is 16.4 Å². The number of carbonyl (C=O) groups is 2. The van der Waals surface area contributed by atoms with E-state index in [0.29, 0.717) is 15.8 Å². The number of primary amides is 1. The smallest absolute Gasteiger partial charge is 0.251 e. The maximum absolute atomic E-state index is 12.5. The van der Waals surface area contributed by atoms with E-state index in [4.69, 9.17) is 5.73 Å². The van der Waals surface area contributed by atoms with Crippen molar-refractivity contribution in [3.8, 4) is 0 Å². The number of anilines is 1. The van der Waals surface area contributed by atoms with Crippen molar-refractivity contribution in [1.29, 1.82) is 0 Å². The van der Waals surface area contributed by atoms with Crippen LogP contribution in [-0.2, 0) is 17.6 Å². The standard InChI is InChI=1S/C16H23N3O2S2/c1-9(22-10-6-7-18-8-10)15(21)19-16-13(14(17)20)11-4-2-3-5-12(11)23-16/h9-10,18H,2-8H2,1H3,(H2,17,20)(H,19,21). The van der Waals surface area contributed by atoms with Gasteiger partial charge in [0.25, 0.3) is 5.91 Å². The summed E-state index contributed by atoms with van der Waals surface area (Å²) in [6, 6.07) is 0. The number of amides is 2. The summed E-state index contributed by atoms with van der Waals surface area (Å²) in [5.41, 5.74) is 7.17. The fourth-order valence-electron chi connectivity index (χ4n) is 3.22. The first-order valence-corrected chi connectivity index (χ1v) is 9.93. The van der Waals surface area contributed by atoms with E-state index in [-0.39, 0.29) is 11.2 Å². The van der Waals surface area contributed by atoms with Crippen molar-refractivity contribution in [2.75, 3.05) is 18.4 Å². The summed E-state index contributed by atoms with van der Waals surface area (Å²) in [6.45, 7) is 3.91. The molecule has 4 N–H and O–H groups in total. The topological polar surface area (TPSA) is 84.2 Å². The SMILES string of the molecule is CC(SC1CCNC1)C(=O)Nc1sc2c(c1C(N)=O)CCCC2. The van der Waals surface area contributed by atoms with Crippen molar-refractivity contribution in [3.05, 3.63) is 16.0 Å². The van der Waals surface area contributed by atoms with Crippen LogP contribution in [0, 0.1) is 0 Å². The number of fused-ring (bicyclic) bond motifs is 1. The molecule has 0 aromatic carbocycles. The molecular formula is C16H23N3O2S2. The molecule has 0 bridgehead atoms. The summed E-state index contributed by atoms with van der Waals surface area (Å²) >= 11 is 3.22. The van der Waals surface area contributed by atoms with Crippen LogP contribution in [0.4, 0.5) is 5.00 Å². The van der Waals surface area contributed by atoms with Gasteiger partial charge in [0.15, 0.2) is 0 Å². The van der Waals surface area contributed by atoms with E-state index in [1.807, 2.05) is 6.92 Å². The molecule has 126 valence electrons. The first-order valence-electron chi connectivity index (χ1n) is 8.17. The Hall–Kier alpha value is -1.05. The third kappa shape index (κ3) is 3.72. The minimum atomic E-state index is -0.431. The highest BCUT2D eigenvalue weighted by atomic mass is 32.2. The molecule has 5 nitrogen and oxygen atoms in total. The number of aryl methyl sites for hydroxylation is 1. The Kier molecular flexibility index (Phi) is 5.28. The monoisotopic (exact) mass is 353 g/mol. The second-order valence-electron chi connectivity index (χ2n) is 6.16. The van der Waals surface area contributed by atoms with E-state index in [9.17, 15) is 9.59 Å². The van der Waals surface area contributed by atoms with Gasteiger partial charge >= 0.3 is 0 Å². The molecule has 3 rings (SSSR count). The molecule has 2 heterocycles. The zero-order chi connectivity index (χ0) is 16.4. The van der Waals surface area contributed by atoms with Gasteiger partial charge in [-0.15, -0.1) is 23.1 Å². The number of rotatable bonds is 5. The molecule has 0 saturated carbocycles. The molecule has 2 unspecified atom stereocenters. The van der Waals surface area contributed by atoms with Crippen LogP contribution in [0.1, 0.15) is 47.0 Å². The van der Waals surface area contributed by atoms with Crippen molar-refractivity contribution in [1.82, 2.24) is 5.32 Å². The minimum Gasteiger partial charge on any atom is -0.365 e. The molecule has 2 amide bonds. The van der Waals surface area contributed by atoms with Crippen LogP contribution in [0.15, 0.2) is 0 Å². The summed E-state index contributed by atoms with van der Waals surface area (Å²) in [5.74, 6) is -0.469. The molecule has 1 aliphatic heterocycles. The summed E-state index contributed by atoms with van der Waals surface area (Å²) in [4.78, 5) is 25.5. The van der Waals surface area contributed by atoms with Crippen LogP contribution in [-0.4, -0.2) is 35.4 Å². The van der Waals surface area contributed by atoms with Gasteiger partial charge in [-0.05, 0) is 51.1 Å². The quantitative estimate of drug-likeness (QED) is 0.757. The van der Waals surface area contributed by atoms with Gasteiger partial charge in [0.2, 0.25) is 5.91 Å². The van der Waals surface area contributed by atoms with E-state index in [0.717, 1.165) is 50.8 Å². The lowest BCUT2D eigenvalue weighted by Crippen LogP contribution is -2.26. The van der Waals surface area contributed by atoms with E-state index < -0.39 is 5.91 Å². The summed E-state index contributed by atoms with van der Waals surface area (Å²) in [5, 5.41) is 7.27. The summed E-state index contributed by atoms with van der Waals surface area (Å²) < 4.78 is 0. The Morgan fingerprint density at radius 3 is 2.87 bits per heavy atom. The fourth-order valence-corrected chi connectivity index (χ4v) is 5.75. The third-order valence-electron chi connectivity index (χ3n) is 4.44. The number of thiophene rings is 1. The van der Waals surface area contributed by atoms with Crippen molar-refractivity contribution in [3.63, 3.8) is 0 Å². The fraction of sp³-hybridized carbons (Fsp3) is 0.625. The van der Waals surface area contributed by atoms with Gasteiger partial charge in [0.05, 0.1) is 10.8 Å². The number of thioether (sulfide) groups is 1. The van der Waals surface area contributed by atoms with Gasteiger partial charge in [-0.2, -0.15) is 0 Å². The number of hydrogen-bond donors (Lipinski definition) is 3. The molecule has 0 radical (unpaired) electrons. The Balaban J connectivity index is 1.72. The van der Waals surface area contributed by atoms with Gasteiger partial charge in [-0.1, -0.05) is 0 Å². The second-order valence-corrected chi connectivity index (χ2v) is 8.91. The van der Waals surface area contributed by atoms with Crippen LogP contribution in [0.5, 0.6) is 0 Å². The number of nitrogens with one attached hydrogen (secondary N) is 2. The average molecular weight is 354 g/mol. The Morgan fingerprint density at radius 2 is 2.17 bits per heavy atom. The summed E-state index contributed by atoms with van der Waals surface area (Å²) in [7, 11) is 0. The summed E-state index contributed by atoms with van der Waals surface area (Å²) in [6.07, 6.45) is 5.19. The maximum Gasteiger partial charge on any atom is 0.251 e. The molecule has 2 aliphatic rings. The van der Waals surface area contributed by atoms with Crippen LogP contribution >= 0.6 is 23.1 Å². The lowest BCUT2D eigenvalue weighted by atomic mass is 9.95. The highest BCUT2D eigenvalue weighted by Gasteiger charge is 2.27. The molecule has 0 spiro atoms. The Bertz CT molecular complexity index is 609. The van der Waals surface area contributed by atoms with E-state index in [1.54, 1.807) is 11.8 Å². The lowest BCUT2D eigenvalue weighted by molar-refractivity contribution is -0.115. The van der Waals surface area contributed by atoms with Crippen LogP contribution in [0.25, 0.3) is 0 Å². The molecule has 1 saturated heterocycles. The Morgan fingerprint density at radius 1 is 1.39 bits per heavy atom. The molecule has 1 fully saturated rings. The first-order chi connectivity index (χ1) is 11.1. The number of hydrogen-bond acceptors (Lipinski definition) is 5. The first kappa shape index (κ1) is 16.8.